The zero-order valence-electron chi connectivity index (χ0n) is 10.1. The summed E-state index contributed by atoms with van der Waals surface area (Å²) in [6.45, 7) is 0. The van der Waals surface area contributed by atoms with Crippen LogP contribution in [0.1, 0.15) is 11.3 Å². The van der Waals surface area contributed by atoms with E-state index in [4.69, 9.17) is 4.42 Å². The molecule has 0 radical (unpaired) electrons. The average molecular weight is 216 g/mol. The van der Waals surface area contributed by atoms with Crippen molar-refractivity contribution in [2.75, 3.05) is 21.1 Å². The van der Waals surface area contributed by atoms with Crippen LogP contribution in [0, 0.1) is 0 Å². The summed E-state index contributed by atoms with van der Waals surface area (Å²) in [5, 5.41) is 0. The Hall–Kier alpha value is -1.54. The van der Waals surface area contributed by atoms with E-state index >= 15 is 0 Å². The number of hydrogen-bond donors (Lipinski definition) is 0. The maximum absolute atomic E-state index is 5.33. The van der Waals surface area contributed by atoms with E-state index in [1.54, 1.807) is 6.26 Å². The third-order valence-corrected chi connectivity index (χ3v) is 2.67. The fraction of sp³-hybridized carbons (Fsp3) is 0.286. The Morgan fingerprint density at radius 2 is 1.69 bits per heavy atom. The Bertz CT molecular complexity index is 435. The highest BCUT2D eigenvalue weighted by molar-refractivity contribution is 5.43. The Balaban J connectivity index is 2.14. The van der Waals surface area contributed by atoms with Crippen LogP contribution in [0.2, 0.25) is 0 Å². The van der Waals surface area contributed by atoms with Crippen LogP contribution >= 0.6 is 0 Å². The lowest BCUT2D eigenvalue weighted by atomic mass is 10.1. The minimum Gasteiger partial charge on any atom is -0.469 e. The number of benzene rings is 1. The van der Waals surface area contributed by atoms with Gasteiger partial charge in [0, 0.05) is 6.42 Å². The Kier molecular flexibility index (Phi) is 2.84. The Morgan fingerprint density at radius 1 is 1.00 bits per heavy atom. The van der Waals surface area contributed by atoms with Gasteiger partial charge in [-0.2, -0.15) is 0 Å². The molecule has 1 heterocycles. The molecule has 2 rings (SSSR count). The number of quaternary nitrogens is 1. The van der Waals surface area contributed by atoms with Gasteiger partial charge in [0.2, 0.25) is 0 Å². The van der Waals surface area contributed by atoms with Crippen LogP contribution in [0.15, 0.2) is 47.1 Å². The molecule has 0 bridgehead atoms. The predicted octanol–water partition coefficient (Wildman–Crippen LogP) is 3.07. The molecule has 2 heteroatoms. The fourth-order valence-corrected chi connectivity index (χ4v) is 1.68. The second-order valence-electron chi connectivity index (χ2n) is 4.94. The maximum Gasteiger partial charge on any atom is 0.132 e. The summed E-state index contributed by atoms with van der Waals surface area (Å²) in [5.41, 5.74) is 2.59. The van der Waals surface area contributed by atoms with E-state index in [0.29, 0.717) is 0 Å². The molecule has 0 saturated heterocycles. The summed E-state index contributed by atoms with van der Waals surface area (Å²) in [5.74, 6) is 1.01. The van der Waals surface area contributed by atoms with Gasteiger partial charge in [0.15, 0.2) is 0 Å². The van der Waals surface area contributed by atoms with Crippen molar-refractivity contribution in [2.45, 2.75) is 6.42 Å². The molecule has 2 aromatic rings. The lowest BCUT2D eigenvalue weighted by Gasteiger charge is -2.23. The van der Waals surface area contributed by atoms with Crippen LogP contribution in [0.4, 0.5) is 5.69 Å². The van der Waals surface area contributed by atoms with Gasteiger partial charge >= 0.3 is 0 Å². The minimum atomic E-state index is 0.848. The summed E-state index contributed by atoms with van der Waals surface area (Å²) in [6.07, 6.45) is 2.58. The first-order valence-electron chi connectivity index (χ1n) is 5.49. The van der Waals surface area contributed by atoms with Gasteiger partial charge in [-0.25, -0.2) is 0 Å². The van der Waals surface area contributed by atoms with Crippen LogP contribution in [0.25, 0.3) is 0 Å². The maximum atomic E-state index is 5.33. The highest BCUT2D eigenvalue weighted by atomic mass is 16.3. The van der Waals surface area contributed by atoms with Gasteiger partial charge in [0.25, 0.3) is 0 Å². The quantitative estimate of drug-likeness (QED) is 0.719. The molecule has 0 aliphatic heterocycles. The zero-order valence-corrected chi connectivity index (χ0v) is 10.1. The first kappa shape index (κ1) is 11.0. The molecule has 84 valence electrons. The summed E-state index contributed by atoms with van der Waals surface area (Å²) in [7, 11) is 6.50. The van der Waals surface area contributed by atoms with Crippen LogP contribution in [0.3, 0.4) is 0 Å². The molecule has 0 unspecified atom stereocenters. The van der Waals surface area contributed by atoms with Crippen LogP contribution in [0.5, 0.6) is 0 Å². The molecule has 1 aromatic carbocycles. The van der Waals surface area contributed by atoms with Crippen molar-refractivity contribution in [3.05, 3.63) is 54.0 Å². The second kappa shape index (κ2) is 4.14. The van der Waals surface area contributed by atoms with Crippen molar-refractivity contribution in [2.24, 2.45) is 0 Å². The number of hydrogen-bond acceptors (Lipinski definition) is 1. The standard InChI is InChI=1S/C14H18NO/c1-15(2,3)13-8-6-12(7-9-13)11-14-5-4-10-16-14/h4-10H,11H2,1-3H3/q+1. The van der Waals surface area contributed by atoms with Crippen molar-refractivity contribution in [3.8, 4) is 0 Å². The molecule has 0 spiro atoms. The van der Waals surface area contributed by atoms with E-state index in [2.05, 4.69) is 45.4 Å². The van der Waals surface area contributed by atoms with Crippen LogP contribution in [-0.4, -0.2) is 21.1 Å². The monoisotopic (exact) mass is 216 g/mol. The van der Waals surface area contributed by atoms with Gasteiger partial charge in [-0.3, -0.25) is 4.48 Å². The van der Waals surface area contributed by atoms with Crippen LogP contribution in [-0.2, 0) is 6.42 Å². The van der Waals surface area contributed by atoms with Crippen molar-refractivity contribution in [1.29, 1.82) is 0 Å². The lowest BCUT2D eigenvalue weighted by Crippen LogP contribution is -2.34. The first-order valence-corrected chi connectivity index (χ1v) is 5.49. The molecule has 0 aliphatic carbocycles. The molecule has 2 nitrogen and oxygen atoms in total. The molecule has 0 fully saturated rings. The topological polar surface area (TPSA) is 13.1 Å². The SMILES string of the molecule is C[N+](C)(C)c1ccc(Cc2ccco2)cc1. The highest BCUT2D eigenvalue weighted by Gasteiger charge is 2.11. The number of rotatable bonds is 3. The van der Waals surface area contributed by atoms with E-state index in [9.17, 15) is 0 Å². The van der Waals surface area contributed by atoms with Gasteiger partial charge in [-0.05, 0) is 29.8 Å². The normalized spacial score (nSPS) is 11.7. The van der Waals surface area contributed by atoms with E-state index in [-0.39, 0.29) is 0 Å². The highest BCUT2D eigenvalue weighted by Crippen LogP contribution is 2.18. The van der Waals surface area contributed by atoms with Gasteiger partial charge in [-0.15, -0.1) is 0 Å². The molecule has 16 heavy (non-hydrogen) atoms. The largest absolute Gasteiger partial charge is 0.469 e. The Labute approximate surface area is 96.7 Å². The first-order chi connectivity index (χ1) is 7.55. The van der Waals surface area contributed by atoms with Crippen molar-refractivity contribution < 1.29 is 4.42 Å². The smallest absolute Gasteiger partial charge is 0.132 e. The summed E-state index contributed by atoms with van der Waals surface area (Å²) in [6, 6.07) is 12.6. The van der Waals surface area contributed by atoms with E-state index in [1.807, 2.05) is 12.1 Å². The van der Waals surface area contributed by atoms with Crippen LogP contribution < -0.4 is 4.48 Å². The third-order valence-electron chi connectivity index (χ3n) is 2.67. The van der Waals surface area contributed by atoms with Gasteiger partial charge < -0.3 is 4.42 Å². The fourth-order valence-electron chi connectivity index (χ4n) is 1.68. The van der Waals surface area contributed by atoms with Crippen molar-refractivity contribution in [3.63, 3.8) is 0 Å². The Morgan fingerprint density at radius 3 is 2.19 bits per heavy atom. The molecule has 0 atom stereocenters. The average Bonchev–Trinajstić information content (AvgIpc) is 2.70. The minimum absolute atomic E-state index is 0.848. The molecule has 1 aromatic heterocycles. The summed E-state index contributed by atoms with van der Waals surface area (Å²) < 4.78 is 6.18. The van der Waals surface area contributed by atoms with Crippen molar-refractivity contribution in [1.82, 2.24) is 4.48 Å². The number of furan rings is 1. The molecular weight excluding hydrogens is 198 g/mol. The number of nitrogens with zero attached hydrogens (tertiary/aromatic N) is 1. The van der Waals surface area contributed by atoms with Gasteiger partial charge in [-0.1, -0.05) is 12.1 Å². The van der Waals surface area contributed by atoms with Gasteiger partial charge in [0.05, 0.1) is 27.4 Å². The third kappa shape index (κ3) is 2.52. The molecular formula is C14H18NO+. The zero-order chi connectivity index (χ0) is 11.6. The molecule has 0 aliphatic rings. The van der Waals surface area contributed by atoms with E-state index < -0.39 is 0 Å². The van der Waals surface area contributed by atoms with E-state index in [1.165, 1.54) is 11.3 Å². The van der Waals surface area contributed by atoms with Crippen molar-refractivity contribution >= 4 is 5.69 Å². The molecule has 0 saturated carbocycles. The summed E-state index contributed by atoms with van der Waals surface area (Å²) >= 11 is 0. The van der Waals surface area contributed by atoms with Gasteiger partial charge in [0.1, 0.15) is 11.4 Å². The molecule has 0 N–H and O–H groups in total. The predicted molar refractivity (Wildman–Crippen MR) is 67.5 cm³/mol. The lowest BCUT2D eigenvalue weighted by molar-refractivity contribution is 0.486. The van der Waals surface area contributed by atoms with E-state index in [0.717, 1.165) is 16.7 Å². The summed E-state index contributed by atoms with van der Waals surface area (Å²) in [4.78, 5) is 0. The molecule has 0 amide bonds. The second-order valence-corrected chi connectivity index (χ2v) is 4.94.